The Kier molecular flexibility index (Phi) is 5.49. The summed E-state index contributed by atoms with van der Waals surface area (Å²) in [5.74, 6) is 1.60. The topological polar surface area (TPSA) is 94.8 Å². The fourth-order valence-corrected chi connectivity index (χ4v) is 4.00. The Morgan fingerprint density at radius 3 is 2.88 bits per heavy atom. The Labute approximate surface area is 185 Å². The van der Waals surface area contributed by atoms with E-state index in [0.29, 0.717) is 29.3 Å². The number of hydrogen-bond donors (Lipinski definition) is 1. The number of hydrogen-bond acceptors (Lipinski definition) is 6. The summed E-state index contributed by atoms with van der Waals surface area (Å²) in [7, 11) is 0. The maximum Gasteiger partial charge on any atom is 0.259 e. The van der Waals surface area contributed by atoms with Gasteiger partial charge in [0.15, 0.2) is 17.2 Å². The molecule has 32 heavy (non-hydrogen) atoms. The van der Waals surface area contributed by atoms with Crippen molar-refractivity contribution in [1.82, 2.24) is 24.5 Å². The predicted octanol–water partition coefficient (Wildman–Crippen LogP) is 4.09. The summed E-state index contributed by atoms with van der Waals surface area (Å²) in [6.45, 7) is 3.14. The summed E-state index contributed by atoms with van der Waals surface area (Å²) in [6.07, 6.45) is 9.36. The van der Waals surface area contributed by atoms with E-state index in [9.17, 15) is 4.79 Å². The molecule has 4 aromatic heterocycles. The molecule has 0 unspecified atom stereocenters. The van der Waals surface area contributed by atoms with Crippen LogP contribution in [0.1, 0.15) is 46.7 Å². The van der Waals surface area contributed by atoms with Crippen LogP contribution in [0, 0.1) is 6.92 Å². The Bertz CT molecular complexity index is 1270. The predicted molar refractivity (Wildman–Crippen MR) is 121 cm³/mol. The molecule has 162 valence electrons. The molecule has 5 heterocycles. The lowest BCUT2D eigenvalue weighted by Crippen LogP contribution is -2.15. The van der Waals surface area contributed by atoms with Gasteiger partial charge >= 0.3 is 0 Å². The number of carbonyl (C=O) groups excluding carboxylic acids is 1. The molecule has 1 aliphatic heterocycles. The Hall–Kier alpha value is -3.81. The van der Waals surface area contributed by atoms with Gasteiger partial charge in [-0.05, 0) is 55.7 Å². The van der Waals surface area contributed by atoms with Crippen LogP contribution in [0.5, 0.6) is 5.75 Å². The summed E-state index contributed by atoms with van der Waals surface area (Å²) < 4.78 is 8.08. The van der Waals surface area contributed by atoms with Gasteiger partial charge in [0.2, 0.25) is 0 Å². The Morgan fingerprint density at radius 2 is 2.00 bits per heavy atom. The fraction of sp³-hybridized carbons (Fsp3) is 0.292. The van der Waals surface area contributed by atoms with Crippen LogP contribution in [-0.2, 0) is 19.6 Å². The maximum absolute atomic E-state index is 13.3. The molecule has 0 atom stereocenters. The number of nitrogens with zero attached hydrogens (tertiary/aromatic N) is 5. The molecule has 0 fully saturated rings. The number of rotatable bonds is 5. The first-order chi connectivity index (χ1) is 15.7. The van der Waals surface area contributed by atoms with Gasteiger partial charge in [0.1, 0.15) is 17.9 Å². The standard InChI is InChI=1S/C24H24N6O2/c1-16-14-18(21-23(27-16)30-13-4-2-3-7-20(30)28-21)24(31)29-22-19(6-5-10-26-22)32-15-17-8-11-25-12-9-17/h5-6,8-12,14H,2-4,7,13,15H2,1H3,(H,26,29,31). The van der Waals surface area contributed by atoms with Gasteiger partial charge in [-0.15, -0.1) is 0 Å². The molecule has 0 spiro atoms. The quantitative estimate of drug-likeness (QED) is 0.515. The van der Waals surface area contributed by atoms with Crippen molar-refractivity contribution in [3.8, 4) is 5.75 Å². The number of ether oxygens (including phenoxy) is 1. The molecule has 0 saturated carbocycles. The number of fused-ring (bicyclic) bond motifs is 3. The number of aryl methyl sites for hydroxylation is 3. The van der Waals surface area contributed by atoms with E-state index in [4.69, 9.17) is 14.7 Å². The lowest BCUT2D eigenvalue weighted by Gasteiger charge is -2.12. The number of amides is 1. The summed E-state index contributed by atoms with van der Waals surface area (Å²) in [5, 5.41) is 2.91. The minimum absolute atomic E-state index is 0.277. The van der Waals surface area contributed by atoms with Crippen LogP contribution >= 0.6 is 0 Å². The van der Waals surface area contributed by atoms with Gasteiger partial charge in [-0.3, -0.25) is 9.78 Å². The van der Waals surface area contributed by atoms with E-state index < -0.39 is 0 Å². The molecule has 8 nitrogen and oxygen atoms in total. The summed E-state index contributed by atoms with van der Waals surface area (Å²) in [4.78, 5) is 31.1. The van der Waals surface area contributed by atoms with E-state index in [1.807, 2.05) is 19.1 Å². The highest BCUT2D eigenvalue weighted by atomic mass is 16.5. The van der Waals surface area contributed by atoms with E-state index in [2.05, 4.69) is 19.9 Å². The van der Waals surface area contributed by atoms with Gasteiger partial charge in [-0.25, -0.2) is 15.0 Å². The first kappa shape index (κ1) is 20.1. The van der Waals surface area contributed by atoms with Gasteiger partial charge in [0.05, 0.1) is 5.56 Å². The number of aromatic nitrogens is 5. The van der Waals surface area contributed by atoms with Crippen molar-refractivity contribution in [1.29, 1.82) is 0 Å². The molecule has 0 radical (unpaired) electrons. The SMILES string of the molecule is Cc1cc(C(=O)Nc2ncccc2OCc2ccncc2)c2nc3n(c2n1)CCCCC3. The highest BCUT2D eigenvalue weighted by Gasteiger charge is 2.22. The molecule has 0 aromatic carbocycles. The monoisotopic (exact) mass is 428 g/mol. The van der Waals surface area contributed by atoms with Crippen molar-refractivity contribution >= 4 is 22.9 Å². The number of carbonyl (C=O) groups is 1. The smallest absolute Gasteiger partial charge is 0.259 e. The van der Waals surface area contributed by atoms with Crippen molar-refractivity contribution in [2.45, 2.75) is 45.8 Å². The molecule has 1 amide bonds. The first-order valence-electron chi connectivity index (χ1n) is 10.8. The normalized spacial score (nSPS) is 13.4. The third-order valence-electron chi connectivity index (χ3n) is 5.58. The van der Waals surface area contributed by atoms with Crippen LogP contribution in [0.2, 0.25) is 0 Å². The molecule has 0 bridgehead atoms. The molecular formula is C24H24N6O2. The van der Waals surface area contributed by atoms with Crippen molar-refractivity contribution < 1.29 is 9.53 Å². The molecule has 8 heteroatoms. The average molecular weight is 428 g/mol. The third kappa shape index (κ3) is 4.03. The van der Waals surface area contributed by atoms with Gasteiger partial charge in [0, 0.05) is 37.3 Å². The maximum atomic E-state index is 13.3. The minimum Gasteiger partial charge on any atom is -0.485 e. The van der Waals surface area contributed by atoms with E-state index in [1.165, 1.54) is 6.42 Å². The van der Waals surface area contributed by atoms with Crippen LogP contribution < -0.4 is 10.1 Å². The van der Waals surface area contributed by atoms with Crippen LogP contribution in [0.3, 0.4) is 0 Å². The average Bonchev–Trinajstić information content (AvgIpc) is 2.99. The zero-order valence-corrected chi connectivity index (χ0v) is 17.9. The first-order valence-corrected chi connectivity index (χ1v) is 10.8. The zero-order valence-electron chi connectivity index (χ0n) is 17.9. The molecule has 1 aliphatic rings. The zero-order chi connectivity index (χ0) is 21.9. The van der Waals surface area contributed by atoms with Gasteiger partial charge in [-0.1, -0.05) is 6.42 Å². The molecular weight excluding hydrogens is 404 g/mol. The molecule has 0 saturated heterocycles. The number of nitrogens with one attached hydrogen (secondary N) is 1. The van der Waals surface area contributed by atoms with Crippen LogP contribution in [0.4, 0.5) is 5.82 Å². The Morgan fingerprint density at radius 1 is 1.12 bits per heavy atom. The number of imidazole rings is 1. The second-order valence-corrected chi connectivity index (χ2v) is 7.92. The van der Waals surface area contributed by atoms with Crippen LogP contribution in [0.25, 0.3) is 11.2 Å². The molecule has 5 rings (SSSR count). The Balaban J connectivity index is 1.43. The van der Waals surface area contributed by atoms with Gasteiger partial charge in [0.25, 0.3) is 5.91 Å². The highest BCUT2D eigenvalue weighted by Crippen LogP contribution is 2.26. The van der Waals surface area contributed by atoms with Crippen molar-refractivity contribution in [3.05, 3.63) is 71.6 Å². The molecule has 0 aliphatic carbocycles. The summed E-state index contributed by atoms with van der Waals surface area (Å²) in [6, 6.07) is 9.11. The summed E-state index contributed by atoms with van der Waals surface area (Å²) in [5.41, 5.74) is 3.68. The lowest BCUT2D eigenvalue weighted by molar-refractivity contribution is 0.102. The van der Waals surface area contributed by atoms with Crippen molar-refractivity contribution in [2.75, 3.05) is 5.32 Å². The third-order valence-corrected chi connectivity index (χ3v) is 5.58. The second kappa shape index (κ2) is 8.74. The summed E-state index contributed by atoms with van der Waals surface area (Å²) >= 11 is 0. The number of pyridine rings is 3. The fourth-order valence-electron chi connectivity index (χ4n) is 4.00. The largest absolute Gasteiger partial charge is 0.485 e. The van der Waals surface area contributed by atoms with E-state index >= 15 is 0 Å². The molecule has 1 N–H and O–H groups in total. The van der Waals surface area contributed by atoms with Crippen molar-refractivity contribution in [3.63, 3.8) is 0 Å². The van der Waals surface area contributed by atoms with Gasteiger partial charge in [-0.2, -0.15) is 0 Å². The van der Waals surface area contributed by atoms with E-state index in [0.717, 1.165) is 48.5 Å². The van der Waals surface area contributed by atoms with Gasteiger partial charge < -0.3 is 14.6 Å². The molecule has 4 aromatic rings. The second-order valence-electron chi connectivity index (χ2n) is 7.92. The highest BCUT2D eigenvalue weighted by molar-refractivity contribution is 6.11. The minimum atomic E-state index is -0.277. The number of anilines is 1. The van der Waals surface area contributed by atoms with E-state index in [1.54, 1.807) is 36.8 Å². The van der Waals surface area contributed by atoms with Crippen molar-refractivity contribution in [2.24, 2.45) is 0 Å². The van der Waals surface area contributed by atoms with E-state index in [-0.39, 0.29) is 5.91 Å². The van der Waals surface area contributed by atoms with Crippen LogP contribution in [0.15, 0.2) is 48.9 Å². The van der Waals surface area contributed by atoms with Crippen LogP contribution in [-0.4, -0.2) is 30.4 Å². The lowest BCUT2D eigenvalue weighted by atomic mass is 10.2.